The first-order chi connectivity index (χ1) is 10.0. The molecular weight excluding hydrogens is 633 g/mol. The van der Waals surface area contributed by atoms with E-state index in [1.807, 2.05) is 0 Å². The van der Waals surface area contributed by atoms with Crippen molar-refractivity contribution in [2.75, 3.05) is 14.2 Å². The van der Waals surface area contributed by atoms with Gasteiger partial charge in [-0.15, -0.1) is 0 Å². The Labute approximate surface area is 164 Å². The number of rotatable bonds is 0. The second kappa shape index (κ2) is 32.9. The van der Waals surface area contributed by atoms with Crippen molar-refractivity contribution in [2.45, 2.75) is 51.4 Å². The maximum Gasteiger partial charge on any atom is 0 e. The van der Waals surface area contributed by atoms with E-state index in [4.69, 9.17) is 10.2 Å². The van der Waals surface area contributed by atoms with Gasteiger partial charge in [-0.3, -0.25) is 0 Å². The van der Waals surface area contributed by atoms with Crippen molar-refractivity contribution in [1.29, 1.82) is 0 Å². The van der Waals surface area contributed by atoms with Gasteiger partial charge in [-0.25, -0.2) is 0 Å². The van der Waals surface area contributed by atoms with Crippen LogP contribution in [0.5, 0.6) is 0 Å². The van der Waals surface area contributed by atoms with Crippen LogP contribution in [0.4, 0.5) is 0 Å². The third kappa shape index (κ3) is 28.4. The number of allylic oxidation sites excluding steroid dienone is 8. The van der Waals surface area contributed by atoms with E-state index in [0.717, 1.165) is 14.2 Å². The van der Waals surface area contributed by atoms with Gasteiger partial charge in [-0.2, -0.15) is 14.2 Å². The number of hydrogen-bond donors (Lipinski definition) is 0. The molecule has 4 heteroatoms. The average molecular weight is 663 g/mol. The molecule has 0 spiro atoms. The second-order valence-electron chi connectivity index (χ2n) is 4.20. The van der Waals surface area contributed by atoms with Gasteiger partial charge in [-0.1, -0.05) is 48.6 Å². The minimum absolute atomic E-state index is 0. The summed E-state index contributed by atoms with van der Waals surface area (Å²) < 4.78 is 0. The smallest absolute Gasteiger partial charge is 0 e. The van der Waals surface area contributed by atoms with Crippen molar-refractivity contribution in [1.82, 2.24) is 0 Å². The van der Waals surface area contributed by atoms with Crippen molar-refractivity contribution in [2.24, 2.45) is 0 Å². The van der Waals surface area contributed by atoms with Crippen molar-refractivity contribution in [3.8, 4) is 0 Å². The van der Waals surface area contributed by atoms with Crippen LogP contribution in [-0.4, -0.2) is 14.2 Å². The van der Waals surface area contributed by atoms with Gasteiger partial charge >= 0.3 is 0 Å². The first-order valence-electron chi connectivity index (χ1n) is 7.42. The molecule has 0 saturated carbocycles. The minimum Gasteiger partial charge on any atom is -0.857 e. The molecule has 0 saturated heterocycles. The Bertz CT molecular complexity index is 192. The first-order valence-corrected chi connectivity index (χ1v) is 7.42. The molecule has 0 aromatic carbocycles. The molecule has 0 amide bonds. The zero-order valence-electron chi connectivity index (χ0n) is 13.8. The van der Waals surface area contributed by atoms with Gasteiger partial charge in [0.05, 0.1) is 0 Å². The summed E-state index contributed by atoms with van der Waals surface area (Å²) in [6.45, 7) is 0. The molecule has 0 unspecified atom stereocenters. The Balaban J connectivity index is -0.000000112. The van der Waals surface area contributed by atoms with Crippen LogP contribution >= 0.6 is 0 Å². The first kappa shape index (κ1) is 30.1. The van der Waals surface area contributed by atoms with Crippen LogP contribution in [0.3, 0.4) is 0 Å². The third-order valence-corrected chi connectivity index (χ3v) is 2.67. The summed E-state index contributed by atoms with van der Waals surface area (Å²) in [7, 11) is 1.50. The van der Waals surface area contributed by atoms with E-state index in [-0.39, 0.29) is 40.2 Å². The molecule has 0 fully saturated rings. The van der Waals surface area contributed by atoms with Crippen LogP contribution in [0.15, 0.2) is 48.6 Å². The van der Waals surface area contributed by atoms with Gasteiger partial charge in [0.1, 0.15) is 0 Å². The SMILES string of the molecule is C1=CCCC=CCC1.C1=CCCC=CCC1.C[O-].C[O-].[Ir].[Ir]. The predicted octanol–water partition coefficient (Wildman–Crippen LogP) is 3.29. The quantitative estimate of drug-likeness (QED) is 0.374. The molecule has 2 aliphatic rings. The Morgan fingerprint density at radius 2 is 0.455 bits per heavy atom. The monoisotopic (exact) mass is 664 g/mol. The van der Waals surface area contributed by atoms with Crippen LogP contribution in [0.1, 0.15) is 51.4 Å². The molecule has 0 bridgehead atoms. The molecule has 0 aromatic rings. The Kier molecular flexibility index (Phi) is 45.1. The summed E-state index contributed by atoms with van der Waals surface area (Å²) >= 11 is 0. The maximum atomic E-state index is 8.25. The maximum absolute atomic E-state index is 8.25. The Morgan fingerprint density at radius 3 is 0.545 bits per heavy atom. The zero-order valence-corrected chi connectivity index (χ0v) is 18.5. The Hall–Kier alpha value is 0.179. The standard InChI is InChI=1S/2C8H12.2CH3O.2Ir/c2*1-2-4-6-8-7-5-3-1;2*1-2;;/h2*1-2,7-8H,3-6H2;2*1H3;;/q;;2*-1;;. The van der Waals surface area contributed by atoms with E-state index in [9.17, 15) is 0 Å². The molecule has 0 aromatic heterocycles. The normalized spacial score (nSPS) is 15.1. The molecule has 0 heterocycles. The van der Waals surface area contributed by atoms with Gasteiger partial charge in [-0.05, 0) is 51.4 Å². The predicted molar refractivity (Wildman–Crippen MR) is 85.3 cm³/mol. The summed E-state index contributed by atoms with van der Waals surface area (Å²) in [4.78, 5) is 0. The van der Waals surface area contributed by atoms with Gasteiger partial charge in [0.25, 0.3) is 0 Å². The molecule has 2 nitrogen and oxygen atoms in total. The van der Waals surface area contributed by atoms with Gasteiger partial charge in [0.15, 0.2) is 0 Å². The van der Waals surface area contributed by atoms with Crippen LogP contribution in [-0.2, 0) is 40.2 Å². The summed E-state index contributed by atoms with van der Waals surface area (Å²) in [6, 6.07) is 0. The summed E-state index contributed by atoms with van der Waals surface area (Å²) in [5.41, 5.74) is 0. The molecule has 22 heavy (non-hydrogen) atoms. The molecule has 2 rings (SSSR count). The Morgan fingerprint density at radius 1 is 0.364 bits per heavy atom. The molecule has 0 aliphatic heterocycles. The zero-order chi connectivity index (χ0) is 15.3. The molecule has 0 N–H and O–H groups in total. The molecular formula is C18H30Ir2O2-2. The fourth-order valence-electron chi connectivity index (χ4n) is 1.71. The fraction of sp³-hybridized carbons (Fsp3) is 0.556. The van der Waals surface area contributed by atoms with Gasteiger partial charge in [0, 0.05) is 40.2 Å². The van der Waals surface area contributed by atoms with Crippen molar-refractivity contribution in [3.05, 3.63) is 48.6 Å². The van der Waals surface area contributed by atoms with E-state index >= 15 is 0 Å². The molecule has 0 atom stereocenters. The van der Waals surface area contributed by atoms with E-state index in [1.54, 1.807) is 0 Å². The largest absolute Gasteiger partial charge is 0.857 e. The van der Waals surface area contributed by atoms with Gasteiger partial charge in [0.2, 0.25) is 0 Å². The van der Waals surface area contributed by atoms with Crippen LogP contribution in [0, 0.1) is 0 Å². The van der Waals surface area contributed by atoms with E-state index in [1.165, 1.54) is 51.4 Å². The topological polar surface area (TPSA) is 46.1 Å². The molecule has 134 valence electrons. The van der Waals surface area contributed by atoms with Crippen molar-refractivity contribution < 1.29 is 50.4 Å². The number of hydrogen-bond acceptors (Lipinski definition) is 2. The van der Waals surface area contributed by atoms with Crippen molar-refractivity contribution in [3.63, 3.8) is 0 Å². The molecule has 2 radical (unpaired) electrons. The van der Waals surface area contributed by atoms with Crippen LogP contribution in [0.2, 0.25) is 0 Å². The van der Waals surface area contributed by atoms with E-state index in [0.29, 0.717) is 0 Å². The summed E-state index contributed by atoms with van der Waals surface area (Å²) in [5.74, 6) is 0. The summed E-state index contributed by atoms with van der Waals surface area (Å²) in [6.07, 6.45) is 28.0. The van der Waals surface area contributed by atoms with E-state index in [2.05, 4.69) is 48.6 Å². The minimum atomic E-state index is 0. The van der Waals surface area contributed by atoms with Crippen LogP contribution < -0.4 is 10.2 Å². The van der Waals surface area contributed by atoms with Crippen molar-refractivity contribution >= 4 is 0 Å². The van der Waals surface area contributed by atoms with E-state index < -0.39 is 0 Å². The fourth-order valence-corrected chi connectivity index (χ4v) is 1.71. The summed E-state index contributed by atoms with van der Waals surface area (Å²) in [5, 5.41) is 16.5. The third-order valence-electron chi connectivity index (χ3n) is 2.67. The average Bonchev–Trinajstić information content (AvgIpc) is 2.42. The molecule has 2 aliphatic carbocycles. The second-order valence-corrected chi connectivity index (χ2v) is 4.20. The van der Waals surface area contributed by atoms with Gasteiger partial charge < -0.3 is 10.2 Å². The van der Waals surface area contributed by atoms with Crippen LogP contribution in [0.25, 0.3) is 0 Å².